The highest BCUT2D eigenvalue weighted by Crippen LogP contribution is 2.29. The Hall–Kier alpha value is -2.21. The van der Waals surface area contributed by atoms with Crippen LogP contribution in [0.2, 0.25) is 0 Å². The summed E-state index contributed by atoms with van der Waals surface area (Å²) in [6.07, 6.45) is 3.66. The summed E-state index contributed by atoms with van der Waals surface area (Å²) in [4.78, 5) is 35.0. The topological polar surface area (TPSA) is 118 Å². The Morgan fingerprint density at radius 2 is 1.61 bits per heavy atom. The van der Waals surface area contributed by atoms with Gasteiger partial charge in [0.2, 0.25) is 5.92 Å². The van der Waals surface area contributed by atoms with Gasteiger partial charge in [0, 0.05) is 0 Å². The molecule has 0 saturated carbocycles. The van der Waals surface area contributed by atoms with Gasteiger partial charge in [-0.3, -0.25) is 14.4 Å². The normalized spacial score (nSPS) is 13.5. The quantitative estimate of drug-likeness (QED) is 0.449. The fraction of sp³-hybridized carbons (Fsp3) is 0.471. The van der Waals surface area contributed by atoms with Crippen LogP contribution in [0.25, 0.3) is 0 Å². The summed E-state index contributed by atoms with van der Waals surface area (Å²) in [6, 6.07) is 8.37. The average molecular weight is 321 g/mol. The summed E-state index contributed by atoms with van der Waals surface area (Å²) in [5.74, 6) is -6.53. The van der Waals surface area contributed by atoms with E-state index in [9.17, 15) is 14.4 Å². The van der Waals surface area contributed by atoms with Gasteiger partial charge >= 0.3 is 11.9 Å². The van der Waals surface area contributed by atoms with E-state index in [1.807, 2.05) is 6.92 Å². The van der Waals surface area contributed by atoms with Crippen LogP contribution in [0.4, 0.5) is 0 Å². The second-order valence-electron chi connectivity index (χ2n) is 5.62. The number of benzene rings is 1. The lowest BCUT2D eigenvalue weighted by atomic mass is 9.77. The molecule has 1 aromatic carbocycles. The van der Waals surface area contributed by atoms with Gasteiger partial charge in [0.25, 0.3) is 0 Å². The molecular formula is C17H23NO5. The Balaban J connectivity index is 3.15. The van der Waals surface area contributed by atoms with Crippen LogP contribution in [0.1, 0.15) is 44.6 Å². The number of hydrogen-bond acceptors (Lipinski definition) is 4. The number of carbonyl (C=O) groups excluding carboxylic acids is 1. The number of carbonyl (C=O) groups is 3. The fourth-order valence-electron chi connectivity index (χ4n) is 2.56. The lowest BCUT2D eigenvalue weighted by Gasteiger charge is -2.30. The molecule has 1 aromatic rings. The van der Waals surface area contributed by atoms with E-state index in [0.717, 1.165) is 19.3 Å². The van der Waals surface area contributed by atoms with Gasteiger partial charge in [-0.1, -0.05) is 62.9 Å². The molecule has 1 atom stereocenters. The molecule has 23 heavy (non-hydrogen) atoms. The number of Topliss-reactive ketones (excluding diaryl/α,β-unsaturated/α-hetero) is 1. The van der Waals surface area contributed by atoms with Crippen LogP contribution in [0.15, 0.2) is 30.3 Å². The van der Waals surface area contributed by atoms with Crippen LogP contribution < -0.4 is 5.73 Å². The summed E-state index contributed by atoms with van der Waals surface area (Å²) in [6.45, 7) is 2.04. The van der Waals surface area contributed by atoms with Crippen molar-refractivity contribution < 1.29 is 24.6 Å². The second kappa shape index (κ2) is 8.43. The molecule has 1 rings (SSSR count). The van der Waals surface area contributed by atoms with Gasteiger partial charge in [0.05, 0.1) is 0 Å². The highest BCUT2D eigenvalue weighted by molar-refractivity contribution is 6.17. The molecule has 0 bridgehead atoms. The Labute approximate surface area is 135 Å². The largest absolute Gasteiger partial charge is 0.480 e. The number of carboxylic acid groups (broad SMARTS) is 2. The number of carboxylic acids is 2. The summed E-state index contributed by atoms with van der Waals surface area (Å²) >= 11 is 0. The third-order valence-electron chi connectivity index (χ3n) is 3.91. The third-order valence-corrected chi connectivity index (χ3v) is 3.91. The minimum Gasteiger partial charge on any atom is -0.480 e. The van der Waals surface area contributed by atoms with Crippen LogP contribution in [0, 0.1) is 5.92 Å². The standard InChI is InChI=1S/C17H23NO5/c1-2-3-4-8-11-17(18,12-9-6-5-7-10-12)14(19)13(15(20)21)16(22)23/h5-7,9-10,13H,2-4,8,11,18H2,1H3,(H,20,21)(H,22,23). The van der Waals surface area contributed by atoms with Crippen LogP contribution in [0.3, 0.4) is 0 Å². The van der Waals surface area contributed by atoms with E-state index in [1.165, 1.54) is 0 Å². The van der Waals surface area contributed by atoms with Crippen molar-refractivity contribution in [1.82, 2.24) is 0 Å². The molecule has 0 amide bonds. The Morgan fingerprint density at radius 1 is 1.04 bits per heavy atom. The molecule has 4 N–H and O–H groups in total. The zero-order chi connectivity index (χ0) is 17.5. The maximum atomic E-state index is 12.6. The monoisotopic (exact) mass is 321 g/mol. The van der Waals surface area contributed by atoms with Gasteiger partial charge in [-0.25, -0.2) is 0 Å². The molecule has 6 nitrogen and oxygen atoms in total. The van der Waals surface area contributed by atoms with E-state index >= 15 is 0 Å². The van der Waals surface area contributed by atoms with E-state index in [0.29, 0.717) is 12.0 Å². The molecule has 0 fully saturated rings. The summed E-state index contributed by atoms with van der Waals surface area (Å²) in [5, 5.41) is 18.2. The first-order chi connectivity index (χ1) is 10.8. The highest BCUT2D eigenvalue weighted by Gasteiger charge is 2.46. The average Bonchev–Trinajstić information content (AvgIpc) is 2.51. The molecule has 1 unspecified atom stereocenters. The first-order valence-corrected chi connectivity index (χ1v) is 7.69. The number of unbranched alkanes of at least 4 members (excludes halogenated alkanes) is 3. The van der Waals surface area contributed by atoms with Crippen molar-refractivity contribution in [2.45, 2.75) is 44.6 Å². The Bertz CT molecular complexity index is 543. The van der Waals surface area contributed by atoms with Crippen LogP contribution >= 0.6 is 0 Å². The highest BCUT2D eigenvalue weighted by atomic mass is 16.4. The van der Waals surface area contributed by atoms with E-state index < -0.39 is 29.2 Å². The van der Waals surface area contributed by atoms with Gasteiger partial charge < -0.3 is 15.9 Å². The van der Waals surface area contributed by atoms with Gasteiger partial charge in [-0.15, -0.1) is 0 Å². The van der Waals surface area contributed by atoms with Crippen molar-refractivity contribution in [2.24, 2.45) is 11.7 Å². The fourth-order valence-corrected chi connectivity index (χ4v) is 2.56. The third kappa shape index (κ3) is 4.63. The molecule has 0 spiro atoms. The molecule has 0 aromatic heterocycles. The van der Waals surface area contributed by atoms with Gasteiger partial charge in [0.15, 0.2) is 5.78 Å². The number of hydrogen-bond donors (Lipinski definition) is 3. The van der Waals surface area contributed by atoms with Crippen LogP contribution in [0.5, 0.6) is 0 Å². The molecule has 0 aliphatic rings. The summed E-state index contributed by atoms with van der Waals surface area (Å²) in [7, 11) is 0. The molecule has 0 aliphatic carbocycles. The predicted molar refractivity (Wildman–Crippen MR) is 84.8 cm³/mol. The van der Waals surface area contributed by atoms with E-state index in [1.54, 1.807) is 30.3 Å². The maximum Gasteiger partial charge on any atom is 0.325 e. The van der Waals surface area contributed by atoms with Crippen molar-refractivity contribution in [3.05, 3.63) is 35.9 Å². The van der Waals surface area contributed by atoms with Gasteiger partial charge in [0.1, 0.15) is 5.54 Å². The van der Waals surface area contributed by atoms with E-state index in [-0.39, 0.29) is 6.42 Å². The number of aliphatic carboxylic acids is 2. The first kappa shape index (κ1) is 18.8. The zero-order valence-electron chi connectivity index (χ0n) is 13.2. The van der Waals surface area contributed by atoms with Crippen LogP contribution in [-0.4, -0.2) is 27.9 Å². The number of nitrogens with two attached hydrogens (primary N) is 1. The predicted octanol–water partition coefficient (Wildman–Crippen LogP) is 2.17. The summed E-state index contributed by atoms with van der Waals surface area (Å²) < 4.78 is 0. The van der Waals surface area contributed by atoms with E-state index in [2.05, 4.69) is 0 Å². The minimum absolute atomic E-state index is 0.215. The minimum atomic E-state index is -2.16. The van der Waals surface area contributed by atoms with Crippen LogP contribution in [-0.2, 0) is 19.9 Å². The van der Waals surface area contributed by atoms with Crippen molar-refractivity contribution in [3.63, 3.8) is 0 Å². The molecule has 0 heterocycles. The Morgan fingerprint density at radius 3 is 2.09 bits per heavy atom. The lowest BCUT2D eigenvalue weighted by molar-refractivity contribution is -0.159. The molecular weight excluding hydrogens is 298 g/mol. The molecule has 0 radical (unpaired) electrons. The van der Waals surface area contributed by atoms with Crippen molar-refractivity contribution in [3.8, 4) is 0 Å². The second-order valence-corrected chi connectivity index (χ2v) is 5.62. The zero-order valence-corrected chi connectivity index (χ0v) is 13.2. The lowest BCUT2D eigenvalue weighted by Crippen LogP contribution is -2.51. The van der Waals surface area contributed by atoms with E-state index in [4.69, 9.17) is 15.9 Å². The molecule has 126 valence electrons. The smallest absolute Gasteiger partial charge is 0.325 e. The maximum absolute atomic E-state index is 12.6. The van der Waals surface area contributed by atoms with Crippen molar-refractivity contribution in [2.75, 3.05) is 0 Å². The SMILES string of the molecule is CCCCCCC(N)(C(=O)C(C(=O)O)C(=O)O)c1ccccc1. The van der Waals surface area contributed by atoms with Crippen molar-refractivity contribution >= 4 is 17.7 Å². The number of rotatable bonds is 10. The van der Waals surface area contributed by atoms with Crippen molar-refractivity contribution in [1.29, 1.82) is 0 Å². The number of ketones is 1. The molecule has 0 saturated heterocycles. The Kier molecular flexibility index (Phi) is 6.90. The van der Waals surface area contributed by atoms with Gasteiger partial charge in [-0.2, -0.15) is 0 Å². The molecule has 0 aliphatic heterocycles. The molecule has 6 heteroatoms. The summed E-state index contributed by atoms with van der Waals surface area (Å²) in [5.41, 5.74) is 5.07. The first-order valence-electron chi connectivity index (χ1n) is 7.69. The van der Waals surface area contributed by atoms with Gasteiger partial charge in [-0.05, 0) is 12.0 Å².